The SMILES string of the molecule is COC(=O)c1ccc(/C=N/NC(=O)c2nnn(-c3nonc3N)c2-c2cccs2)cc1. The van der Waals surface area contributed by atoms with Gasteiger partial charge in [0.15, 0.2) is 5.69 Å². The lowest BCUT2D eigenvalue weighted by Gasteiger charge is -2.03. The summed E-state index contributed by atoms with van der Waals surface area (Å²) >= 11 is 1.38. The van der Waals surface area contributed by atoms with Crippen LogP contribution in [0.3, 0.4) is 0 Å². The van der Waals surface area contributed by atoms with Gasteiger partial charge in [0, 0.05) is 0 Å². The zero-order chi connectivity index (χ0) is 21.8. The molecular formula is C18H14N8O4S. The average Bonchev–Trinajstić information content (AvgIpc) is 3.53. The van der Waals surface area contributed by atoms with Crippen LogP contribution in [0.4, 0.5) is 5.82 Å². The monoisotopic (exact) mass is 438 g/mol. The molecule has 4 aromatic rings. The Morgan fingerprint density at radius 3 is 2.71 bits per heavy atom. The summed E-state index contributed by atoms with van der Waals surface area (Å²) in [5.41, 5.74) is 9.62. The minimum atomic E-state index is -0.591. The molecule has 0 radical (unpaired) electrons. The van der Waals surface area contributed by atoms with Gasteiger partial charge in [-0.2, -0.15) is 9.78 Å². The lowest BCUT2D eigenvalue weighted by Crippen LogP contribution is -2.19. The molecule has 0 bridgehead atoms. The van der Waals surface area contributed by atoms with Gasteiger partial charge in [-0.05, 0) is 39.5 Å². The molecule has 0 spiro atoms. The number of nitrogens with one attached hydrogen (secondary N) is 1. The van der Waals surface area contributed by atoms with Crippen LogP contribution in [-0.2, 0) is 4.74 Å². The number of nitrogens with zero attached hydrogens (tertiary/aromatic N) is 6. The first-order chi connectivity index (χ1) is 15.1. The Morgan fingerprint density at radius 2 is 2.06 bits per heavy atom. The Hall–Kier alpha value is -4.39. The minimum Gasteiger partial charge on any atom is -0.465 e. The van der Waals surface area contributed by atoms with Crippen molar-refractivity contribution in [2.24, 2.45) is 5.10 Å². The molecule has 0 saturated carbocycles. The zero-order valence-electron chi connectivity index (χ0n) is 15.9. The van der Waals surface area contributed by atoms with Crippen LogP contribution in [0.1, 0.15) is 26.4 Å². The third-order valence-electron chi connectivity index (χ3n) is 4.05. The molecule has 3 aromatic heterocycles. The number of methoxy groups -OCH3 is 1. The number of amides is 1. The molecule has 0 aliphatic carbocycles. The van der Waals surface area contributed by atoms with E-state index in [0.717, 1.165) is 0 Å². The van der Waals surface area contributed by atoms with Crippen molar-refractivity contribution in [3.63, 3.8) is 0 Å². The van der Waals surface area contributed by atoms with Crippen molar-refractivity contribution in [1.29, 1.82) is 0 Å². The van der Waals surface area contributed by atoms with Crippen molar-refractivity contribution in [3.8, 4) is 16.4 Å². The molecular weight excluding hydrogens is 424 g/mol. The zero-order valence-corrected chi connectivity index (χ0v) is 16.7. The summed E-state index contributed by atoms with van der Waals surface area (Å²) in [7, 11) is 1.31. The smallest absolute Gasteiger partial charge is 0.337 e. The largest absolute Gasteiger partial charge is 0.465 e. The number of thiophene rings is 1. The predicted octanol–water partition coefficient (Wildman–Crippen LogP) is 1.51. The number of anilines is 1. The van der Waals surface area contributed by atoms with E-state index in [1.165, 1.54) is 29.3 Å². The van der Waals surface area contributed by atoms with Crippen molar-refractivity contribution < 1.29 is 19.0 Å². The number of carbonyl (C=O) groups excluding carboxylic acids is 2. The molecule has 12 nitrogen and oxygen atoms in total. The molecule has 0 fully saturated rings. The van der Waals surface area contributed by atoms with Crippen LogP contribution in [0.5, 0.6) is 0 Å². The highest BCUT2D eigenvalue weighted by atomic mass is 32.1. The van der Waals surface area contributed by atoms with Crippen LogP contribution in [0.15, 0.2) is 51.5 Å². The number of nitrogen functional groups attached to an aromatic ring is 1. The Morgan fingerprint density at radius 1 is 1.26 bits per heavy atom. The Bertz CT molecular complexity index is 1240. The molecule has 3 N–H and O–H groups in total. The second-order valence-electron chi connectivity index (χ2n) is 5.96. The predicted molar refractivity (Wildman–Crippen MR) is 110 cm³/mol. The van der Waals surface area contributed by atoms with Gasteiger partial charge in [-0.1, -0.05) is 23.4 Å². The molecule has 1 aromatic carbocycles. The highest BCUT2D eigenvalue weighted by molar-refractivity contribution is 7.13. The lowest BCUT2D eigenvalue weighted by molar-refractivity contribution is 0.0600. The fraction of sp³-hybridized carbons (Fsp3) is 0.0556. The number of hydrogen-bond donors (Lipinski definition) is 2. The van der Waals surface area contributed by atoms with Crippen LogP contribution >= 0.6 is 11.3 Å². The number of esters is 1. The minimum absolute atomic E-state index is 0.00286. The van der Waals surface area contributed by atoms with Gasteiger partial charge in [0.2, 0.25) is 11.6 Å². The number of carbonyl (C=O) groups is 2. The second-order valence-corrected chi connectivity index (χ2v) is 6.91. The number of aromatic nitrogens is 5. The van der Waals surface area contributed by atoms with E-state index in [9.17, 15) is 9.59 Å². The summed E-state index contributed by atoms with van der Waals surface area (Å²) in [6.45, 7) is 0. The Labute approximate surface area is 178 Å². The highest BCUT2D eigenvalue weighted by Crippen LogP contribution is 2.29. The number of hydrogen-bond acceptors (Lipinski definition) is 11. The summed E-state index contributed by atoms with van der Waals surface area (Å²) < 4.78 is 10.6. The molecule has 3 heterocycles. The maximum atomic E-state index is 12.7. The van der Waals surface area contributed by atoms with E-state index < -0.39 is 11.9 Å². The first-order valence-electron chi connectivity index (χ1n) is 8.68. The van der Waals surface area contributed by atoms with Crippen molar-refractivity contribution in [1.82, 2.24) is 30.7 Å². The van der Waals surface area contributed by atoms with Crippen LogP contribution in [-0.4, -0.2) is 50.5 Å². The first kappa shape index (κ1) is 19.9. The lowest BCUT2D eigenvalue weighted by atomic mass is 10.1. The van der Waals surface area contributed by atoms with E-state index in [1.807, 2.05) is 11.4 Å². The van der Waals surface area contributed by atoms with Gasteiger partial charge in [0.1, 0.15) is 5.69 Å². The van der Waals surface area contributed by atoms with Gasteiger partial charge in [-0.25, -0.2) is 14.8 Å². The van der Waals surface area contributed by atoms with E-state index in [2.05, 4.69) is 40.5 Å². The van der Waals surface area contributed by atoms with E-state index in [4.69, 9.17) is 5.73 Å². The van der Waals surface area contributed by atoms with Crippen LogP contribution in [0.2, 0.25) is 0 Å². The summed E-state index contributed by atoms with van der Waals surface area (Å²) in [5.74, 6) is -0.914. The van der Waals surface area contributed by atoms with Crippen LogP contribution in [0.25, 0.3) is 16.4 Å². The normalized spacial score (nSPS) is 11.0. The Kier molecular flexibility index (Phi) is 5.49. The third kappa shape index (κ3) is 4.02. The van der Waals surface area contributed by atoms with Crippen molar-refractivity contribution in [3.05, 3.63) is 58.6 Å². The number of rotatable bonds is 6. The second kappa shape index (κ2) is 8.54. The molecule has 31 heavy (non-hydrogen) atoms. The molecule has 0 saturated heterocycles. The molecule has 4 rings (SSSR count). The molecule has 1 amide bonds. The number of ether oxygens (including phenoxy) is 1. The van der Waals surface area contributed by atoms with Crippen LogP contribution in [0, 0.1) is 0 Å². The summed E-state index contributed by atoms with van der Waals surface area (Å²) in [6.07, 6.45) is 1.42. The summed E-state index contributed by atoms with van der Waals surface area (Å²) in [6, 6.07) is 10.1. The van der Waals surface area contributed by atoms with Gasteiger partial charge in [-0.15, -0.1) is 16.4 Å². The molecule has 0 aliphatic rings. The van der Waals surface area contributed by atoms with E-state index in [-0.39, 0.29) is 17.3 Å². The van der Waals surface area contributed by atoms with E-state index in [1.54, 1.807) is 30.3 Å². The number of benzene rings is 1. The molecule has 0 atom stereocenters. The molecule has 0 unspecified atom stereocenters. The third-order valence-corrected chi connectivity index (χ3v) is 4.92. The topological polar surface area (TPSA) is 163 Å². The first-order valence-corrected chi connectivity index (χ1v) is 9.56. The van der Waals surface area contributed by atoms with Gasteiger partial charge >= 0.3 is 5.97 Å². The maximum Gasteiger partial charge on any atom is 0.337 e. The average molecular weight is 438 g/mol. The molecule has 0 aliphatic heterocycles. The van der Waals surface area contributed by atoms with Crippen molar-refractivity contribution in [2.45, 2.75) is 0 Å². The fourth-order valence-corrected chi connectivity index (χ4v) is 3.35. The quantitative estimate of drug-likeness (QED) is 0.258. The van der Waals surface area contributed by atoms with Gasteiger partial charge < -0.3 is 10.5 Å². The van der Waals surface area contributed by atoms with Crippen LogP contribution < -0.4 is 11.2 Å². The molecule has 156 valence electrons. The van der Waals surface area contributed by atoms with Gasteiger partial charge in [0.05, 0.1) is 23.8 Å². The van der Waals surface area contributed by atoms with Gasteiger partial charge in [-0.3, -0.25) is 4.79 Å². The van der Waals surface area contributed by atoms with Crippen molar-refractivity contribution in [2.75, 3.05) is 12.8 Å². The highest BCUT2D eigenvalue weighted by Gasteiger charge is 2.25. The van der Waals surface area contributed by atoms with E-state index >= 15 is 0 Å². The number of hydrazone groups is 1. The van der Waals surface area contributed by atoms with Crippen molar-refractivity contribution >= 4 is 35.2 Å². The van der Waals surface area contributed by atoms with E-state index in [0.29, 0.717) is 21.7 Å². The molecule has 13 heteroatoms. The standard InChI is InChI=1S/C18H14N8O4S/c1-29-18(28)11-6-4-10(5-7-11)9-20-22-17(27)13-14(12-3-2-8-31-12)26(25-21-13)16-15(19)23-30-24-16/h2-9H,1H3,(H2,19,23)(H,22,27)/b20-9+. The van der Waals surface area contributed by atoms with Gasteiger partial charge in [0.25, 0.3) is 5.91 Å². The Balaban J connectivity index is 1.56. The fourth-order valence-electron chi connectivity index (χ4n) is 2.60. The maximum absolute atomic E-state index is 12.7. The number of nitrogens with two attached hydrogens (primary N) is 1. The summed E-state index contributed by atoms with van der Waals surface area (Å²) in [5, 5.41) is 21.0. The summed E-state index contributed by atoms with van der Waals surface area (Å²) in [4.78, 5) is 24.9.